The van der Waals surface area contributed by atoms with Gasteiger partial charge in [0, 0.05) is 39.6 Å². The summed E-state index contributed by atoms with van der Waals surface area (Å²) in [6, 6.07) is 8.46. The summed E-state index contributed by atoms with van der Waals surface area (Å²) in [6.45, 7) is 19.6. The van der Waals surface area contributed by atoms with Gasteiger partial charge in [-0.3, -0.25) is 4.79 Å². The van der Waals surface area contributed by atoms with Crippen LogP contribution in [0, 0.1) is 13.8 Å². The summed E-state index contributed by atoms with van der Waals surface area (Å²) in [5.74, 6) is 0. The van der Waals surface area contributed by atoms with Crippen molar-refractivity contribution in [3.63, 3.8) is 0 Å². The Morgan fingerprint density at radius 3 is 1.75 bits per heavy atom. The van der Waals surface area contributed by atoms with E-state index >= 15 is 0 Å². The molecule has 0 aromatic carbocycles. The van der Waals surface area contributed by atoms with Crippen molar-refractivity contribution in [3.05, 3.63) is 82.5 Å². The predicted molar refractivity (Wildman–Crippen MR) is 167 cm³/mol. The van der Waals surface area contributed by atoms with Gasteiger partial charge in [0.25, 0.3) is 6.47 Å². The molecule has 0 amide bonds. The SMILES string of the molecule is C=Cc1c(C)c2cc3[nH]c(cc4nc(cc5nc(cc1[nH]2)C(C)=C5CCC)C(CCOC=O)=C4C)c(C)c3C=C. The van der Waals surface area contributed by atoms with E-state index in [9.17, 15) is 4.79 Å². The molecule has 5 heterocycles. The van der Waals surface area contributed by atoms with Gasteiger partial charge in [0.1, 0.15) is 0 Å². The van der Waals surface area contributed by atoms with Crippen LogP contribution in [0.25, 0.3) is 56.5 Å². The Balaban J connectivity index is 1.94. The summed E-state index contributed by atoms with van der Waals surface area (Å²) >= 11 is 0. The van der Waals surface area contributed by atoms with Crippen LogP contribution in [0.1, 0.15) is 85.1 Å². The molecule has 8 bridgehead atoms. The number of carbonyl (C=O) groups excluding carboxylic acids is 1. The third-order valence-corrected chi connectivity index (χ3v) is 8.08. The second kappa shape index (κ2) is 11.0. The van der Waals surface area contributed by atoms with Crippen LogP contribution in [-0.4, -0.2) is 33.0 Å². The molecule has 6 heteroatoms. The molecule has 0 spiro atoms. The van der Waals surface area contributed by atoms with Crippen molar-refractivity contribution in [2.45, 2.75) is 53.9 Å². The largest absolute Gasteiger partial charge is 0.468 e. The molecule has 0 saturated heterocycles. The third kappa shape index (κ3) is 4.64. The summed E-state index contributed by atoms with van der Waals surface area (Å²) in [5, 5.41) is 0. The number of H-pyrrole nitrogens is 2. The van der Waals surface area contributed by atoms with Gasteiger partial charge >= 0.3 is 0 Å². The molecule has 3 aromatic rings. The molecular formula is C34H36N4O2. The van der Waals surface area contributed by atoms with Crippen LogP contribution >= 0.6 is 0 Å². The van der Waals surface area contributed by atoms with Crippen molar-refractivity contribution in [3.8, 4) is 0 Å². The number of nitrogens with one attached hydrogen (secondary N) is 2. The Bertz CT molecular complexity index is 1780. The Kier molecular flexibility index (Phi) is 7.44. The van der Waals surface area contributed by atoms with Crippen molar-refractivity contribution in [1.29, 1.82) is 0 Å². The molecule has 0 saturated carbocycles. The molecule has 40 heavy (non-hydrogen) atoms. The summed E-state index contributed by atoms with van der Waals surface area (Å²) in [6.07, 6.45) is 6.31. The Morgan fingerprint density at radius 1 is 0.725 bits per heavy atom. The molecule has 0 radical (unpaired) electrons. The van der Waals surface area contributed by atoms with Gasteiger partial charge in [0.15, 0.2) is 0 Å². The van der Waals surface area contributed by atoms with E-state index in [0.717, 1.165) is 91.1 Å². The van der Waals surface area contributed by atoms with Gasteiger partial charge in [0.05, 0.1) is 29.4 Å². The van der Waals surface area contributed by atoms with E-state index in [4.69, 9.17) is 14.7 Å². The minimum absolute atomic E-state index is 0.296. The molecule has 204 valence electrons. The first kappa shape index (κ1) is 27.1. The zero-order chi connectivity index (χ0) is 28.6. The highest BCUT2D eigenvalue weighted by Gasteiger charge is 2.21. The summed E-state index contributed by atoms with van der Waals surface area (Å²) in [4.78, 5) is 28.3. The minimum Gasteiger partial charge on any atom is -0.468 e. The topological polar surface area (TPSA) is 83.7 Å². The third-order valence-electron chi connectivity index (χ3n) is 8.08. The number of hydrogen-bond acceptors (Lipinski definition) is 4. The van der Waals surface area contributed by atoms with Crippen molar-refractivity contribution in [1.82, 2.24) is 19.9 Å². The van der Waals surface area contributed by atoms with Crippen LogP contribution in [0.4, 0.5) is 0 Å². The second-order valence-corrected chi connectivity index (χ2v) is 10.4. The van der Waals surface area contributed by atoms with E-state index in [1.54, 1.807) is 0 Å². The first-order valence-corrected chi connectivity index (χ1v) is 13.8. The standard InChI is InChI=1S/C34H36N4O2/c1-8-11-25-21(6)30-16-32-24(10-3)20(5)29(36-32)15-31-23(9-2)19(4)27(35-31)14-28-22(7)26(12-13-40-18-39)34(37-28)17-33(25)38-30/h9-10,14-18,35-36H,2-3,8,11-13H2,1,4-7H3. The van der Waals surface area contributed by atoms with Crippen molar-refractivity contribution >= 4 is 63.0 Å². The van der Waals surface area contributed by atoms with Gasteiger partial charge in [-0.1, -0.05) is 38.7 Å². The molecule has 5 rings (SSSR count). The van der Waals surface area contributed by atoms with Crippen LogP contribution in [0.2, 0.25) is 0 Å². The Hall–Kier alpha value is -4.45. The van der Waals surface area contributed by atoms with Crippen LogP contribution in [0.5, 0.6) is 0 Å². The van der Waals surface area contributed by atoms with E-state index < -0.39 is 0 Å². The van der Waals surface area contributed by atoms with Gasteiger partial charge in [-0.2, -0.15) is 0 Å². The first-order valence-electron chi connectivity index (χ1n) is 13.8. The molecule has 2 aliphatic heterocycles. The predicted octanol–water partition coefficient (Wildman–Crippen LogP) is 8.44. The lowest BCUT2D eigenvalue weighted by Gasteiger charge is -2.05. The Morgan fingerprint density at radius 2 is 1.23 bits per heavy atom. The first-order chi connectivity index (χ1) is 19.3. The molecule has 0 unspecified atom stereocenters. The number of aromatic amines is 2. The quantitative estimate of drug-likeness (QED) is 0.225. The number of allylic oxidation sites excluding steroid dienone is 3. The minimum atomic E-state index is 0.296. The number of hydrogen-bond donors (Lipinski definition) is 2. The molecule has 0 aliphatic carbocycles. The highest BCUT2D eigenvalue weighted by molar-refractivity contribution is 5.96. The fourth-order valence-electron chi connectivity index (χ4n) is 5.76. The van der Waals surface area contributed by atoms with Gasteiger partial charge in [-0.15, -0.1) is 0 Å². The van der Waals surface area contributed by atoms with E-state index in [1.165, 1.54) is 11.1 Å². The number of aryl methyl sites for hydroxylation is 2. The van der Waals surface area contributed by atoms with Gasteiger partial charge in [-0.25, -0.2) is 9.97 Å². The van der Waals surface area contributed by atoms with Gasteiger partial charge in [-0.05, 0) is 91.8 Å². The van der Waals surface area contributed by atoms with Crippen LogP contribution < -0.4 is 0 Å². The maximum absolute atomic E-state index is 10.9. The lowest BCUT2D eigenvalue weighted by Crippen LogP contribution is -1.94. The van der Waals surface area contributed by atoms with Gasteiger partial charge < -0.3 is 14.7 Å². The Labute approximate surface area is 235 Å². The average molecular weight is 533 g/mol. The molecule has 2 N–H and O–H groups in total. The zero-order valence-electron chi connectivity index (χ0n) is 24.0. The number of nitrogens with zero attached hydrogens (tertiary/aromatic N) is 2. The normalized spacial score (nSPS) is 13.1. The molecule has 0 fully saturated rings. The van der Waals surface area contributed by atoms with Gasteiger partial charge in [0.2, 0.25) is 0 Å². The van der Waals surface area contributed by atoms with Crippen LogP contribution in [0.3, 0.4) is 0 Å². The van der Waals surface area contributed by atoms with Crippen LogP contribution in [-0.2, 0) is 9.53 Å². The highest BCUT2D eigenvalue weighted by Crippen LogP contribution is 2.37. The fraction of sp³-hybridized carbons (Fsp3) is 0.265. The summed E-state index contributed by atoms with van der Waals surface area (Å²) in [5.41, 5.74) is 16.4. The fourth-order valence-corrected chi connectivity index (χ4v) is 5.76. The molecular weight excluding hydrogens is 496 g/mol. The molecule has 3 aromatic heterocycles. The zero-order valence-corrected chi connectivity index (χ0v) is 24.0. The number of aromatic nitrogens is 4. The maximum Gasteiger partial charge on any atom is 0.293 e. The van der Waals surface area contributed by atoms with Crippen molar-refractivity contribution in [2.24, 2.45) is 0 Å². The molecule has 2 aliphatic rings. The van der Waals surface area contributed by atoms with E-state index in [0.29, 0.717) is 19.5 Å². The second-order valence-electron chi connectivity index (χ2n) is 10.4. The molecule has 6 nitrogen and oxygen atoms in total. The van der Waals surface area contributed by atoms with Crippen LogP contribution in [0.15, 0.2) is 37.4 Å². The highest BCUT2D eigenvalue weighted by atomic mass is 16.5. The number of carbonyl (C=O) groups is 1. The molecule has 0 atom stereocenters. The van der Waals surface area contributed by atoms with E-state index in [-0.39, 0.29) is 0 Å². The van der Waals surface area contributed by atoms with E-state index in [1.807, 2.05) is 12.2 Å². The van der Waals surface area contributed by atoms with Crippen molar-refractivity contribution < 1.29 is 9.53 Å². The van der Waals surface area contributed by atoms with E-state index in [2.05, 4.69) is 82.0 Å². The monoisotopic (exact) mass is 532 g/mol. The lowest BCUT2D eigenvalue weighted by atomic mass is 9.99. The lowest BCUT2D eigenvalue weighted by molar-refractivity contribution is -0.128. The number of rotatable bonds is 8. The average Bonchev–Trinajstić information content (AvgIpc) is 3.59. The summed E-state index contributed by atoms with van der Waals surface area (Å²) in [7, 11) is 0. The number of fused-ring (bicyclic) bond motifs is 8. The maximum atomic E-state index is 10.9. The number of ether oxygens (including phenoxy) is 1. The summed E-state index contributed by atoms with van der Waals surface area (Å²) < 4.78 is 5.08. The smallest absolute Gasteiger partial charge is 0.293 e. The van der Waals surface area contributed by atoms with Crippen molar-refractivity contribution in [2.75, 3.05) is 6.61 Å².